The third-order valence-electron chi connectivity index (χ3n) is 3.44. The van der Waals surface area contributed by atoms with E-state index < -0.39 is 5.54 Å². The molecule has 2 N–H and O–H groups in total. The SMILES string of the molecule is CC(C)(CO)NC(=O)CN1CCN(c2ccc(Cl)cc2)C1=O. The number of hydrogen-bond acceptors (Lipinski definition) is 3. The lowest BCUT2D eigenvalue weighted by Crippen LogP contribution is -2.50. The van der Waals surface area contributed by atoms with Gasteiger partial charge in [0.2, 0.25) is 5.91 Å². The molecule has 7 heteroatoms. The Morgan fingerprint density at radius 3 is 2.55 bits per heavy atom. The molecule has 0 bridgehead atoms. The lowest BCUT2D eigenvalue weighted by Gasteiger charge is -2.25. The summed E-state index contributed by atoms with van der Waals surface area (Å²) in [7, 11) is 0. The van der Waals surface area contributed by atoms with Gasteiger partial charge in [0.05, 0.1) is 12.1 Å². The molecule has 0 atom stereocenters. The van der Waals surface area contributed by atoms with Crippen molar-refractivity contribution in [2.75, 3.05) is 31.1 Å². The first kappa shape index (κ1) is 16.6. The first-order chi connectivity index (χ1) is 10.3. The average Bonchev–Trinajstić information content (AvgIpc) is 2.81. The molecule has 2 rings (SSSR count). The number of carbonyl (C=O) groups excluding carboxylic acids is 2. The van der Waals surface area contributed by atoms with Crippen LogP contribution in [0.3, 0.4) is 0 Å². The second-order valence-corrected chi connectivity index (χ2v) is 6.36. The molecule has 6 nitrogen and oxygen atoms in total. The molecule has 0 saturated carbocycles. The Morgan fingerprint density at radius 2 is 1.95 bits per heavy atom. The zero-order valence-corrected chi connectivity index (χ0v) is 13.4. The largest absolute Gasteiger partial charge is 0.394 e. The maximum atomic E-state index is 12.4. The number of aliphatic hydroxyl groups excluding tert-OH is 1. The van der Waals surface area contributed by atoms with Crippen molar-refractivity contribution >= 4 is 29.2 Å². The number of hydrogen-bond donors (Lipinski definition) is 2. The second-order valence-electron chi connectivity index (χ2n) is 5.92. The molecule has 22 heavy (non-hydrogen) atoms. The molecule has 0 aliphatic carbocycles. The van der Waals surface area contributed by atoms with E-state index in [9.17, 15) is 9.59 Å². The predicted molar refractivity (Wildman–Crippen MR) is 85.1 cm³/mol. The number of urea groups is 1. The second kappa shape index (κ2) is 6.54. The van der Waals surface area contributed by atoms with Crippen molar-refractivity contribution in [3.8, 4) is 0 Å². The Kier molecular flexibility index (Phi) is 4.93. The van der Waals surface area contributed by atoms with Crippen LogP contribution in [0.15, 0.2) is 24.3 Å². The van der Waals surface area contributed by atoms with Crippen LogP contribution in [0.5, 0.6) is 0 Å². The van der Waals surface area contributed by atoms with Crippen molar-refractivity contribution in [3.05, 3.63) is 29.3 Å². The van der Waals surface area contributed by atoms with Crippen LogP contribution in [-0.2, 0) is 4.79 Å². The third kappa shape index (κ3) is 3.90. The number of anilines is 1. The molecule has 1 aromatic carbocycles. The number of halogens is 1. The van der Waals surface area contributed by atoms with E-state index in [0.717, 1.165) is 5.69 Å². The summed E-state index contributed by atoms with van der Waals surface area (Å²) >= 11 is 5.84. The number of benzene rings is 1. The summed E-state index contributed by atoms with van der Waals surface area (Å²) in [5.41, 5.74) is 0.0587. The molecule has 3 amide bonds. The first-order valence-corrected chi connectivity index (χ1v) is 7.44. The zero-order valence-electron chi connectivity index (χ0n) is 12.7. The highest BCUT2D eigenvalue weighted by atomic mass is 35.5. The average molecular weight is 326 g/mol. The van der Waals surface area contributed by atoms with Gasteiger partial charge in [0, 0.05) is 23.8 Å². The van der Waals surface area contributed by atoms with Gasteiger partial charge in [-0.15, -0.1) is 0 Å². The van der Waals surface area contributed by atoms with Crippen LogP contribution < -0.4 is 10.2 Å². The van der Waals surface area contributed by atoms with Crippen LogP contribution in [0, 0.1) is 0 Å². The number of nitrogens with one attached hydrogen (secondary N) is 1. The number of amides is 3. The fraction of sp³-hybridized carbons (Fsp3) is 0.467. The van der Waals surface area contributed by atoms with Gasteiger partial charge in [-0.2, -0.15) is 0 Å². The van der Waals surface area contributed by atoms with Crippen LogP contribution in [0.2, 0.25) is 5.02 Å². The third-order valence-corrected chi connectivity index (χ3v) is 3.69. The van der Waals surface area contributed by atoms with Crippen molar-refractivity contribution in [2.45, 2.75) is 19.4 Å². The highest BCUT2D eigenvalue weighted by Gasteiger charge is 2.31. The van der Waals surface area contributed by atoms with Crippen LogP contribution in [0.25, 0.3) is 0 Å². The first-order valence-electron chi connectivity index (χ1n) is 7.06. The standard InChI is InChI=1S/C15H20ClN3O3/c1-15(2,10-20)17-13(21)9-18-7-8-19(14(18)22)12-5-3-11(16)4-6-12/h3-6,20H,7-10H2,1-2H3,(H,17,21). The molecular formula is C15H20ClN3O3. The Labute approximate surface area is 134 Å². The smallest absolute Gasteiger partial charge is 0.325 e. The van der Waals surface area contributed by atoms with Gasteiger partial charge in [-0.25, -0.2) is 4.79 Å². The van der Waals surface area contributed by atoms with E-state index in [0.29, 0.717) is 18.1 Å². The Hall–Kier alpha value is -1.79. The quantitative estimate of drug-likeness (QED) is 0.861. The fourth-order valence-corrected chi connectivity index (χ4v) is 2.35. The van der Waals surface area contributed by atoms with Gasteiger partial charge >= 0.3 is 6.03 Å². The van der Waals surface area contributed by atoms with Gasteiger partial charge in [0.1, 0.15) is 6.54 Å². The topological polar surface area (TPSA) is 72.9 Å². The number of carbonyl (C=O) groups is 2. The Bertz CT molecular complexity index is 560. The molecule has 1 aliphatic rings. The van der Waals surface area contributed by atoms with Gasteiger partial charge in [-0.3, -0.25) is 9.69 Å². The normalized spacial score (nSPS) is 15.4. The number of nitrogens with zero attached hydrogens (tertiary/aromatic N) is 2. The molecule has 1 heterocycles. The maximum absolute atomic E-state index is 12.4. The summed E-state index contributed by atoms with van der Waals surface area (Å²) in [6.45, 7) is 4.26. The van der Waals surface area contributed by atoms with Crippen molar-refractivity contribution in [1.82, 2.24) is 10.2 Å². The molecule has 1 aliphatic heterocycles. The maximum Gasteiger partial charge on any atom is 0.325 e. The van der Waals surface area contributed by atoms with Gasteiger partial charge in [0.25, 0.3) is 0 Å². The van der Waals surface area contributed by atoms with E-state index in [1.54, 1.807) is 43.0 Å². The summed E-state index contributed by atoms with van der Waals surface area (Å²) in [5.74, 6) is -0.287. The van der Waals surface area contributed by atoms with E-state index in [-0.39, 0.29) is 25.1 Å². The van der Waals surface area contributed by atoms with Crippen LogP contribution >= 0.6 is 11.6 Å². The van der Waals surface area contributed by atoms with E-state index in [1.165, 1.54) is 4.90 Å². The minimum atomic E-state index is -0.699. The van der Waals surface area contributed by atoms with Crippen molar-refractivity contribution in [2.24, 2.45) is 0 Å². The molecule has 1 fully saturated rings. The van der Waals surface area contributed by atoms with E-state index in [4.69, 9.17) is 16.7 Å². The van der Waals surface area contributed by atoms with Gasteiger partial charge in [-0.05, 0) is 38.1 Å². The molecule has 0 radical (unpaired) electrons. The molecular weight excluding hydrogens is 306 g/mol. The van der Waals surface area contributed by atoms with E-state index in [2.05, 4.69) is 5.32 Å². The van der Waals surface area contributed by atoms with Gasteiger partial charge in [0.15, 0.2) is 0 Å². The minimum Gasteiger partial charge on any atom is -0.394 e. The Balaban J connectivity index is 1.97. The molecule has 0 spiro atoms. The predicted octanol–water partition coefficient (Wildman–Crippen LogP) is 1.47. The summed E-state index contributed by atoms with van der Waals surface area (Å²) in [4.78, 5) is 27.4. The lowest BCUT2D eigenvalue weighted by atomic mass is 10.1. The highest BCUT2D eigenvalue weighted by molar-refractivity contribution is 6.30. The Morgan fingerprint density at radius 1 is 1.32 bits per heavy atom. The van der Waals surface area contributed by atoms with Crippen molar-refractivity contribution < 1.29 is 14.7 Å². The minimum absolute atomic E-state index is 0.0215. The van der Waals surface area contributed by atoms with Crippen molar-refractivity contribution in [3.63, 3.8) is 0 Å². The summed E-state index contributed by atoms with van der Waals surface area (Å²) < 4.78 is 0. The van der Waals surface area contributed by atoms with Crippen LogP contribution in [0.1, 0.15) is 13.8 Å². The highest BCUT2D eigenvalue weighted by Crippen LogP contribution is 2.22. The summed E-state index contributed by atoms with van der Waals surface area (Å²) in [6.07, 6.45) is 0. The molecule has 0 aromatic heterocycles. The molecule has 120 valence electrons. The zero-order chi connectivity index (χ0) is 16.3. The monoisotopic (exact) mass is 325 g/mol. The van der Waals surface area contributed by atoms with Crippen LogP contribution in [-0.4, -0.2) is 53.7 Å². The number of aliphatic hydroxyl groups is 1. The lowest BCUT2D eigenvalue weighted by molar-refractivity contribution is -0.123. The van der Waals surface area contributed by atoms with Gasteiger partial charge in [-0.1, -0.05) is 11.6 Å². The van der Waals surface area contributed by atoms with Crippen LogP contribution in [0.4, 0.5) is 10.5 Å². The van der Waals surface area contributed by atoms with Crippen molar-refractivity contribution in [1.29, 1.82) is 0 Å². The summed E-state index contributed by atoms with van der Waals surface area (Å²) in [5, 5.41) is 12.5. The van der Waals surface area contributed by atoms with Gasteiger partial charge < -0.3 is 15.3 Å². The molecule has 1 aromatic rings. The summed E-state index contributed by atoms with van der Waals surface area (Å²) in [6, 6.07) is 6.79. The molecule has 0 unspecified atom stereocenters. The molecule has 1 saturated heterocycles. The number of rotatable bonds is 5. The van der Waals surface area contributed by atoms with E-state index >= 15 is 0 Å². The fourth-order valence-electron chi connectivity index (χ4n) is 2.22. The van der Waals surface area contributed by atoms with E-state index in [1.807, 2.05) is 0 Å².